The van der Waals surface area contributed by atoms with E-state index in [9.17, 15) is 0 Å². The van der Waals surface area contributed by atoms with E-state index in [1.165, 1.54) is 19.3 Å². The summed E-state index contributed by atoms with van der Waals surface area (Å²) in [5.41, 5.74) is 0. The van der Waals surface area contributed by atoms with Crippen molar-refractivity contribution in [3.05, 3.63) is 0 Å². The van der Waals surface area contributed by atoms with E-state index in [-0.39, 0.29) is 0 Å². The molecule has 3 aliphatic rings. The normalized spacial score (nSPS) is 62.7. The Bertz CT molecular complexity index is 166. The van der Waals surface area contributed by atoms with Gasteiger partial charge in [0.1, 0.15) is 0 Å². The number of hydrogen-bond donors (Lipinski definition) is 1. The second-order valence-electron chi connectivity index (χ2n) is 4.32. The van der Waals surface area contributed by atoms with Crippen molar-refractivity contribution in [2.45, 2.75) is 19.3 Å². The van der Waals surface area contributed by atoms with Crippen molar-refractivity contribution in [3.63, 3.8) is 0 Å². The fraction of sp³-hybridized carbons (Fsp3) is 1.00. The zero-order valence-electron chi connectivity index (χ0n) is 6.16. The highest BCUT2D eigenvalue weighted by atomic mass is 16.3. The lowest BCUT2D eigenvalue weighted by Crippen LogP contribution is -2.25. The summed E-state index contributed by atoms with van der Waals surface area (Å²) in [6.07, 6.45) is 4.43. The number of fused-ring (bicyclic) bond motifs is 3. The molecule has 0 amide bonds. The van der Waals surface area contributed by atoms with Crippen molar-refractivity contribution in [1.29, 1.82) is 0 Å². The summed E-state index contributed by atoms with van der Waals surface area (Å²) in [6, 6.07) is 0. The highest BCUT2D eigenvalue weighted by Gasteiger charge is 2.63. The standard InChI is InChI=1S/C9H14O/c10-4-8-7-3-5-1-2-6(5)9(7)8/h5-10H,1-4H2/t5-,6?,7?,8?,9?/m1/s1. The van der Waals surface area contributed by atoms with E-state index in [0.717, 1.165) is 29.6 Å². The molecule has 5 atom stereocenters. The van der Waals surface area contributed by atoms with Crippen LogP contribution in [0.1, 0.15) is 19.3 Å². The summed E-state index contributed by atoms with van der Waals surface area (Å²) >= 11 is 0. The zero-order chi connectivity index (χ0) is 6.72. The van der Waals surface area contributed by atoms with Crippen LogP contribution in [0.3, 0.4) is 0 Å². The fourth-order valence-corrected chi connectivity index (χ4v) is 3.44. The molecule has 10 heavy (non-hydrogen) atoms. The molecule has 1 nitrogen and oxygen atoms in total. The maximum atomic E-state index is 8.94. The van der Waals surface area contributed by atoms with Crippen molar-refractivity contribution in [3.8, 4) is 0 Å². The molecule has 0 spiro atoms. The van der Waals surface area contributed by atoms with E-state index >= 15 is 0 Å². The second-order valence-corrected chi connectivity index (χ2v) is 4.32. The topological polar surface area (TPSA) is 20.2 Å². The van der Waals surface area contributed by atoms with Crippen LogP contribution >= 0.6 is 0 Å². The van der Waals surface area contributed by atoms with Crippen LogP contribution in [0.5, 0.6) is 0 Å². The summed E-state index contributed by atoms with van der Waals surface area (Å²) in [5.74, 6) is 4.83. The third kappa shape index (κ3) is 0.460. The Morgan fingerprint density at radius 3 is 2.60 bits per heavy atom. The van der Waals surface area contributed by atoms with Gasteiger partial charge in [0.15, 0.2) is 0 Å². The van der Waals surface area contributed by atoms with Gasteiger partial charge in [-0.25, -0.2) is 0 Å². The van der Waals surface area contributed by atoms with Gasteiger partial charge in [0.05, 0.1) is 0 Å². The van der Waals surface area contributed by atoms with Gasteiger partial charge in [-0.05, 0) is 48.9 Å². The molecule has 3 saturated carbocycles. The quantitative estimate of drug-likeness (QED) is 0.578. The van der Waals surface area contributed by atoms with Gasteiger partial charge >= 0.3 is 0 Å². The molecule has 0 aromatic carbocycles. The fourth-order valence-electron chi connectivity index (χ4n) is 3.44. The number of hydrogen-bond acceptors (Lipinski definition) is 1. The van der Waals surface area contributed by atoms with Gasteiger partial charge in [-0.15, -0.1) is 0 Å². The SMILES string of the molecule is OCC1C2C[C@H]3CCC3C12. The molecule has 0 radical (unpaired) electrons. The molecule has 56 valence electrons. The smallest absolute Gasteiger partial charge is 0.0464 e. The summed E-state index contributed by atoms with van der Waals surface area (Å²) in [5, 5.41) is 8.94. The molecule has 0 bridgehead atoms. The summed E-state index contributed by atoms with van der Waals surface area (Å²) in [7, 11) is 0. The molecule has 1 heteroatoms. The van der Waals surface area contributed by atoms with Crippen LogP contribution in [0.25, 0.3) is 0 Å². The van der Waals surface area contributed by atoms with E-state index in [2.05, 4.69) is 0 Å². The lowest BCUT2D eigenvalue weighted by molar-refractivity contribution is 0.144. The maximum Gasteiger partial charge on any atom is 0.0464 e. The van der Waals surface area contributed by atoms with Crippen LogP contribution in [0.15, 0.2) is 0 Å². The first-order valence-electron chi connectivity index (χ1n) is 4.52. The highest BCUT2D eigenvalue weighted by Crippen LogP contribution is 2.68. The Morgan fingerprint density at radius 1 is 1.20 bits per heavy atom. The van der Waals surface area contributed by atoms with Gasteiger partial charge < -0.3 is 5.11 Å². The van der Waals surface area contributed by atoms with Crippen molar-refractivity contribution in [1.82, 2.24) is 0 Å². The molecule has 0 aromatic heterocycles. The van der Waals surface area contributed by atoms with Crippen LogP contribution < -0.4 is 0 Å². The minimum absolute atomic E-state index is 0.471. The van der Waals surface area contributed by atoms with Crippen molar-refractivity contribution >= 4 is 0 Å². The van der Waals surface area contributed by atoms with Crippen LogP contribution in [-0.2, 0) is 0 Å². The van der Waals surface area contributed by atoms with Crippen molar-refractivity contribution < 1.29 is 5.11 Å². The van der Waals surface area contributed by atoms with Gasteiger partial charge in [0, 0.05) is 6.61 Å². The first-order valence-corrected chi connectivity index (χ1v) is 4.52. The first kappa shape index (κ1) is 5.59. The molecular weight excluding hydrogens is 124 g/mol. The van der Waals surface area contributed by atoms with Crippen molar-refractivity contribution in [2.75, 3.05) is 6.61 Å². The lowest BCUT2D eigenvalue weighted by atomic mass is 9.72. The lowest BCUT2D eigenvalue weighted by Gasteiger charge is -2.33. The number of aliphatic hydroxyl groups is 1. The van der Waals surface area contributed by atoms with E-state index in [1.54, 1.807) is 0 Å². The van der Waals surface area contributed by atoms with E-state index in [0.29, 0.717) is 6.61 Å². The van der Waals surface area contributed by atoms with Crippen LogP contribution in [0, 0.1) is 29.6 Å². The minimum Gasteiger partial charge on any atom is -0.396 e. The molecule has 1 N–H and O–H groups in total. The highest BCUT2D eigenvalue weighted by molar-refractivity contribution is 5.11. The van der Waals surface area contributed by atoms with Gasteiger partial charge in [0.25, 0.3) is 0 Å². The summed E-state index contributed by atoms with van der Waals surface area (Å²) in [4.78, 5) is 0. The molecule has 4 unspecified atom stereocenters. The summed E-state index contributed by atoms with van der Waals surface area (Å²) < 4.78 is 0. The summed E-state index contributed by atoms with van der Waals surface area (Å²) in [6.45, 7) is 0.471. The van der Waals surface area contributed by atoms with Crippen LogP contribution in [0.4, 0.5) is 0 Å². The molecule has 0 heterocycles. The Balaban J connectivity index is 1.76. The third-order valence-electron chi connectivity index (χ3n) is 4.15. The van der Waals surface area contributed by atoms with Crippen molar-refractivity contribution in [2.24, 2.45) is 29.6 Å². The van der Waals surface area contributed by atoms with Crippen LogP contribution in [0.2, 0.25) is 0 Å². The molecule has 0 aromatic rings. The average molecular weight is 138 g/mol. The van der Waals surface area contributed by atoms with Gasteiger partial charge in [0.2, 0.25) is 0 Å². The predicted molar refractivity (Wildman–Crippen MR) is 38.4 cm³/mol. The van der Waals surface area contributed by atoms with E-state index < -0.39 is 0 Å². The number of rotatable bonds is 1. The minimum atomic E-state index is 0.471. The Hall–Kier alpha value is -0.0400. The van der Waals surface area contributed by atoms with Gasteiger partial charge in [-0.3, -0.25) is 0 Å². The maximum absolute atomic E-state index is 8.94. The predicted octanol–water partition coefficient (Wildman–Crippen LogP) is 1.27. The third-order valence-corrected chi connectivity index (χ3v) is 4.15. The number of aliphatic hydroxyl groups excluding tert-OH is 1. The van der Waals surface area contributed by atoms with Crippen LogP contribution in [-0.4, -0.2) is 11.7 Å². The largest absolute Gasteiger partial charge is 0.396 e. The van der Waals surface area contributed by atoms with E-state index in [1.807, 2.05) is 0 Å². The second kappa shape index (κ2) is 1.58. The van der Waals surface area contributed by atoms with Gasteiger partial charge in [-0.2, -0.15) is 0 Å². The molecular formula is C9H14O. The molecule has 3 fully saturated rings. The Morgan fingerprint density at radius 2 is 2.10 bits per heavy atom. The molecule has 0 saturated heterocycles. The Kier molecular flexibility index (Phi) is 0.883. The van der Waals surface area contributed by atoms with Gasteiger partial charge in [-0.1, -0.05) is 0 Å². The molecule has 3 rings (SSSR count). The monoisotopic (exact) mass is 138 g/mol. The first-order chi connectivity index (χ1) is 4.92. The molecule has 0 aliphatic heterocycles. The molecule has 3 aliphatic carbocycles. The zero-order valence-corrected chi connectivity index (χ0v) is 6.16. The Labute approximate surface area is 61.4 Å². The average Bonchev–Trinajstić information content (AvgIpc) is 2.48. The van der Waals surface area contributed by atoms with E-state index in [4.69, 9.17) is 5.11 Å².